The van der Waals surface area contributed by atoms with Gasteiger partial charge in [0.1, 0.15) is 0 Å². The van der Waals surface area contributed by atoms with Crippen molar-refractivity contribution < 1.29 is 5.11 Å². The number of nitrogens with two attached hydrogens (primary N) is 1. The minimum atomic E-state index is -0.169. The van der Waals surface area contributed by atoms with E-state index in [9.17, 15) is 0 Å². The number of aliphatic hydroxyl groups is 1. The molecule has 1 atom stereocenters. The topological polar surface area (TPSA) is 46.2 Å². The quantitative estimate of drug-likeness (QED) is 0.891. The minimum absolute atomic E-state index is 0. The second-order valence-electron chi connectivity index (χ2n) is 4.21. The Morgan fingerprint density at radius 1 is 0.947 bits per heavy atom. The van der Waals surface area contributed by atoms with E-state index < -0.39 is 0 Å². The number of hydrogen-bond acceptors (Lipinski definition) is 3. The highest BCUT2D eigenvalue weighted by atomic mass is 35.5. The summed E-state index contributed by atoms with van der Waals surface area (Å²) in [5.74, 6) is 0. The van der Waals surface area contributed by atoms with Crippen LogP contribution < -0.4 is 5.73 Å². The van der Waals surface area contributed by atoms with E-state index in [0.717, 1.165) is 5.56 Å². The van der Waals surface area contributed by atoms with Gasteiger partial charge in [-0.15, -0.1) is 12.4 Å². The van der Waals surface area contributed by atoms with Crippen molar-refractivity contribution >= 4 is 24.2 Å². The molecule has 0 heterocycles. The smallest absolute Gasteiger partial charge is 0.0585 e. The first-order valence-electron chi connectivity index (χ1n) is 5.96. The molecule has 4 heteroatoms. The first-order valence-corrected chi connectivity index (χ1v) is 6.78. The van der Waals surface area contributed by atoms with Crippen molar-refractivity contribution in [1.29, 1.82) is 0 Å². The zero-order valence-corrected chi connectivity index (χ0v) is 12.2. The molecule has 102 valence electrons. The van der Waals surface area contributed by atoms with E-state index in [2.05, 4.69) is 36.4 Å². The summed E-state index contributed by atoms with van der Waals surface area (Å²) in [6.45, 7) is 0.0283. The normalized spacial score (nSPS) is 11.7. The third-order valence-corrected chi connectivity index (χ3v) is 3.65. The molecule has 2 nitrogen and oxygen atoms in total. The molecule has 0 amide bonds. The predicted octanol–water partition coefficient (Wildman–Crippen LogP) is 3.12. The Labute approximate surface area is 124 Å². The van der Waals surface area contributed by atoms with E-state index in [1.54, 1.807) is 11.8 Å². The highest BCUT2D eigenvalue weighted by Gasteiger charge is 2.02. The van der Waals surface area contributed by atoms with Crippen molar-refractivity contribution in [3.8, 4) is 0 Å². The molecule has 0 fully saturated rings. The van der Waals surface area contributed by atoms with Crippen LogP contribution in [-0.2, 0) is 6.42 Å². The Morgan fingerprint density at radius 3 is 2.11 bits per heavy atom. The fourth-order valence-electron chi connectivity index (χ4n) is 1.69. The van der Waals surface area contributed by atoms with Gasteiger partial charge < -0.3 is 10.8 Å². The van der Waals surface area contributed by atoms with Crippen LogP contribution in [-0.4, -0.2) is 17.8 Å². The van der Waals surface area contributed by atoms with Gasteiger partial charge in [0.2, 0.25) is 0 Å². The number of aliphatic hydroxyl groups excluding tert-OH is 1. The molecule has 0 saturated carbocycles. The summed E-state index contributed by atoms with van der Waals surface area (Å²) in [6, 6.07) is 18.4. The van der Waals surface area contributed by atoms with Crippen LogP contribution in [0.25, 0.3) is 0 Å². The van der Waals surface area contributed by atoms with Crippen molar-refractivity contribution in [2.24, 2.45) is 5.73 Å². The van der Waals surface area contributed by atoms with Crippen LogP contribution in [0.3, 0.4) is 0 Å². The fourth-order valence-corrected chi connectivity index (χ4v) is 2.52. The molecule has 19 heavy (non-hydrogen) atoms. The molecule has 0 bridgehead atoms. The monoisotopic (exact) mass is 295 g/mol. The Kier molecular flexibility index (Phi) is 6.95. The van der Waals surface area contributed by atoms with E-state index in [1.807, 2.05) is 18.2 Å². The van der Waals surface area contributed by atoms with Gasteiger partial charge in [-0.25, -0.2) is 0 Å². The summed E-state index contributed by atoms with van der Waals surface area (Å²) in [6.07, 6.45) is 0.715. The van der Waals surface area contributed by atoms with Gasteiger partial charge in [-0.2, -0.15) is 0 Å². The second-order valence-corrected chi connectivity index (χ2v) is 5.35. The van der Waals surface area contributed by atoms with Crippen molar-refractivity contribution in [1.82, 2.24) is 0 Å². The molecule has 0 aliphatic carbocycles. The van der Waals surface area contributed by atoms with Crippen molar-refractivity contribution in [3.63, 3.8) is 0 Å². The summed E-state index contributed by atoms with van der Waals surface area (Å²) in [5.41, 5.74) is 6.87. The van der Waals surface area contributed by atoms with Gasteiger partial charge in [0.15, 0.2) is 0 Å². The summed E-state index contributed by atoms with van der Waals surface area (Å²) in [5, 5.41) is 8.92. The molecule has 0 aromatic heterocycles. The van der Waals surface area contributed by atoms with E-state index in [4.69, 9.17) is 10.8 Å². The second kappa shape index (κ2) is 8.23. The predicted molar refractivity (Wildman–Crippen MR) is 83.0 cm³/mol. The summed E-state index contributed by atoms with van der Waals surface area (Å²) >= 11 is 1.74. The third kappa shape index (κ3) is 5.25. The maximum Gasteiger partial charge on any atom is 0.0585 e. The molecular weight excluding hydrogens is 278 g/mol. The molecule has 2 rings (SSSR count). The van der Waals surface area contributed by atoms with Gasteiger partial charge in [0.05, 0.1) is 6.61 Å². The molecule has 1 unspecified atom stereocenters. The van der Waals surface area contributed by atoms with E-state index in [1.165, 1.54) is 9.79 Å². The van der Waals surface area contributed by atoms with Gasteiger partial charge in [-0.05, 0) is 36.2 Å². The Morgan fingerprint density at radius 2 is 1.53 bits per heavy atom. The molecule has 0 saturated heterocycles. The Bertz CT molecular complexity index is 475. The number of hydrogen-bond donors (Lipinski definition) is 2. The van der Waals surface area contributed by atoms with Gasteiger partial charge in [-0.3, -0.25) is 0 Å². The molecule has 0 radical (unpaired) electrons. The maximum atomic E-state index is 8.92. The highest BCUT2D eigenvalue weighted by molar-refractivity contribution is 7.99. The Balaban J connectivity index is 0.00000180. The van der Waals surface area contributed by atoms with E-state index in [-0.39, 0.29) is 25.1 Å². The first kappa shape index (κ1) is 16.1. The van der Waals surface area contributed by atoms with Crippen molar-refractivity contribution in [2.45, 2.75) is 22.3 Å². The van der Waals surface area contributed by atoms with Crippen LogP contribution >= 0.6 is 24.2 Å². The van der Waals surface area contributed by atoms with Gasteiger partial charge in [0, 0.05) is 15.8 Å². The SMILES string of the molecule is Cl.NC(CO)Cc1ccc(Sc2ccccc2)cc1. The lowest BCUT2D eigenvalue weighted by atomic mass is 10.1. The average Bonchev–Trinajstić information content (AvgIpc) is 2.42. The van der Waals surface area contributed by atoms with Crippen LogP contribution in [0.15, 0.2) is 64.4 Å². The average molecular weight is 296 g/mol. The highest BCUT2D eigenvalue weighted by Crippen LogP contribution is 2.27. The van der Waals surface area contributed by atoms with Crippen LogP contribution in [0.1, 0.15) is 5.56 Å². The van der Waals surface area contributed by atoms with E-state index in [0.29, 0.717) is 6.42 Å². The molecule has 0 aliphatic heterocycles. The third-order valence-electron chi connectivity index (χ3n) is 2.63. The zero-order chi connectivity index (χ0) is 12.8. The largest absolute Gasteiger partial charge is 0.395 e. The molecule has 2 aromatic rings. The molecule has 3 N–H and O–H groups in total. The van der Waals surface area contributed by atoms with Crippen LogP contribution in [0.2, 0.25) is 0 Å². The van der Waals surface area contributed by atoms with Gasteiger partial charge in [0.25, 0.3) is 0 Å². The van der Waals surface area contributed by atoms with E-state index >= 15 is 0 Å². The van der Waals surface area contributed by atoms with Crippen molar-refractivity contribution in [3.05, 3.63) is 60.2 Å². The summed E-state index contributed by atoms with van der Waals surface area (Å²) in [4.78, 5) is 2.44. The Hall–Kier alpha value is -1.00. The standard InChI is InChI=1S/C15H17NOS.ClH/c16-13(11-17)10-12-6-8-15(9-7-12)18-14-4-2-1-3-5-14;/h1-9,13,17H,10-11,16H2;1H. The fraction of sp³-hybridized carbons (Fsp3) is 0.200. The van der Waals surface area contributed by atoms with Gasteiger partial charge >= 0.3 is 0 Å². The lowest BCUT2D eigenvalue weighted by Gasteiger charge is -2.08. The van der Waals surface area contributed by atoms with Crippen LogP contribution in [0.4, 0.5) is 0 Å². The van der Waals surface area contributed by atoms with Crippen molar-refractivity contribution in [2.75, 3.05) is 6.61 Å². The summed E-state index contributed by atoms with van der Waals surface area (Å²) in [7, 11) is 0. The molecule has 0 aliphatic rings. The van der Waals surface area contributed by atoms with Gasteiger partial charge in [-0.1, -0.05) is 42.1 Å². The first-order chi connectivity index (χ1) is 8.78. The lowest BCUT2D eigenvalue weighted by Crippen LogP contribution is -2.26. The number of halogens is 1. The van der Waals surface area contributed by atoms with Crippen LogP contribution in [0.5, 0.6) is 0 Å². The molecule has 0 spiro atoms. The van der Waals surface area contributed by atoms with Crippen LogP contribution in [0, 0.1) is 0 Å². The number of rotatable bonds is 5. The number of benzene rings is 2. The molecule has 2 aromatic carbocycles. The maximum absolute atomic E-state index is 8.92. The lowest BCUT2D eigenvalue weighted by molar-refractivity contribution is 0.265. The summed E-state index contributed by atoms with van der Waals surface area (Å²) < 4.78 is 0. The minimum Gasteiger partial charge on any atom is -0.395 e. The zero-order valence-electron chi connectivity index (χ0n) is 10.5. The molecular formula is C15H18ClNOS.